The van der Waals surface area contributed by atoms with Crippen molar-refractivity contribution in [3.8, 4) is 0 Å². The number of carboxylic acids is 1. The fourth-order valence-electron chi connectivity index (χ4n) is 5.10. The lowest BCUT2D eigenvalue weighted by atomic mass is 9.64. The molecule has 0 aliphatic carbocycles. The predicted molar refractivity (Wildman–Crippen MR) is 141 cm³/mol. The van der Waals surface area contributed by atoms with Gasteiger partial charge < -0.3 is 5.11 Å². The van der Waals surface area contributed by atoms with Gasteiger partial charge in [0.25, 0.3) is 0 Å². The summed E-state index contributed by atoms with van der Waals surface area (Å²) in [6, 6.07) is 33.3. The van der Waals surface area contributed by atoms with Crippen LogP contribution >= 0.6 is 23.2 Å². The minimum Gasteiger partial charge on any atom is -0.481 e. The molecular formula is C30H22Cl2O2. The van der Waals surface area contributed by atoms with Gasteiger partial charge in [0.1, 0.15) is 5.41 Å². The van der Waals surface area contributed by atoms with Gasteiger partial charge in [-0.25, -0.2) is 0 Å². The summed E-state index contributed by atoms with van der Waals surface area (Å²) in [5, 5.41) is 15.8. The number of carbonyl (C=O) groups is 1. The molecule has 0 radical (unpaired) electrons. The van der Waals surface area contributed by atoms with Crippen molar-refractivity contribution < 1.29 is 9.90 Å². The van der Waals surface area contributed by atoms with Crippen molar-refractivity contribution in [2.24, 2.45) is 0 Å². The molecule has 0 saturated heterocycles. The first-order valence-electron chi connectivity index (χ1n) is 11.1. The summed E-state index contributed by atoms with van der Waals surface area (Å²) in [4.78, 5) is 13.2. The third-order valence-electron chi connectivity index (χ3n) is 6.78. The molecule has 0 aliphatic rings. The summed E-state index contributed by atoms with van der Waals surface area (Å²) in [6.45, 7) is 1.76. The number of aliphatic carboxylic acids is 1. The topological polar surface area (TPSA) is 37.3 Å². The summed E-state index contributed by atoms with van der Waals surface area (Å²) in [7, 11) is 0. The standard InChI is InChI=1S/C30H22Cl2O2/c1-30(29(33)34,26-17-16-21(31)18-27(26)32)28(24-14-6-10-19-8-2-4-12-22(19)24)25-15-7-11-20-9-3-5-13-23(20)25/h2-18,28H,1H3,(H,33,34)/t30-/m0/s1. The molecule has 4 heteroatoms. The molecular weight excluding hydrogens is 463 g/mol. The van der Waals surface area contributed by atoms with Crippen LogP contribution in [-0.4, -0.2) is 11.1 Å². The number of rotatable bonds is 5. The van der Waals surface area contributed by atoms with E-state index in [1.165, 1.54) is 0 Å². The van der Waals surface area contributed by atoms with Gasteiger partial charge in [0.2, 0.25) is 0 Å². The van der Waals surface area contributed by atoms with Gasteiger partial charge in [-0.2, -0.15) is 0 Å². The lowest BCUT2D eigenvalue weighted by Crippen LogP contribution is -2.40. The van der Waals surface area contributed by atoms with Gasteiger partial charge in [0, 0.05) is 16.0 Å². The summed E-state index contributed by atoms with van der Waals surface area (Å²) >= 11 is 12.9. The van der Waals surface area contributed by atoms with Gasteiger partial charge in [-0.3, -0.25) is 4.79 Å². The highest BCUT2D eigenvalue weighted by molar-refractivity contribution is 6.35. The van der Waals surface area contributed by atoms with Crippen LogP contribution in [0.1, 0.15) is 29.5 Å². The zero-order chi connectivity index (χ0) is 23.9. The summed E-state index contributed by atoms with van der Waals surface area (Å²) in [5.41, 5.74) is 1.02. The molecule has 1 atom stereocenters. The van der Waals surface area contributed by atoms with Gasteiger partial charge in [-0.05, 0) is 57.3 Å². The molecule has 0 amide bonds. The first-order chi connectivity index (χ1) is 16.4. The van der Waals surface area contributed by atoms with Crippen molar-refractivity contribution in [1.29, 1.82) is 0 Å². The second-order valence-corrected chi connectivity index (χ2v) is 9.55. The Morgan fingerprint density at radius 3 is 1.74 bits per heavy atom. The number of hydrogen-bond donors (Lipinski definition) is 1. The molecule has 34 heavy (non-hydrogen) atoms. The average Bonchev–Trinajstić information content (AvgIpc) is 2.84. The summed E-state index contributed by atoms with van der Waals surface area (Å²) < 4.78 is 0. The number of hydrogen-bond acceptors (Lipinski definition) is 1. The quantitative estimate of drug-likeness (QED) is 0.271. The maximum absolute atomic E-state index is 13.2. The number of benzene rings is 5. The average molecular weight is 485 g/mol. The second kappa shape index (κ2) is 8.79. The van der Waals surface area contributed by atoms with Crippen LogP contribution in [0.4, 0.5) is 0 Å². The molecule has 0 spiro atoms. The van der Waals surface area contributed by atoms with Crippen molar-refractivity contribution in [3.05, 3.63) is 130 Å². The summed E-state index contributed by atoms with van der Waals surface area (Å²) in [6.07, 6.45) is 0. The molecule has 0 fully saturated rings. The minimum absolute atomic E-state index is 0.336. The normalized spacial score (nSPS) is 13.3. The Hall–Kier alpha value is -3.33. The molecule has 0 bridgehead atoms. The molecule has 168 valence electrons. The van der Waals surface area contributed by atoms with E-state index in [0.717, 1.165) is 32.7 Å². The Kier molecular flexibility index (Phi) is 5.81. The maximum Gasteiger partial charge on any atom is 0.314 e. The van der Waals surface area contributed by atoms with Crippen LogP contribution in [0.2, 0.25) is 10.0 Å². The van der Waals surface area contributed by atoms with Crippen LogP contribution < -0.4 is 0 Å². The highest BCUT2D eigenvalue weighted by Gasteiger charge is 2.47. The third-order valence-corrected chi connectivity index (χ3v) is 7.33. The van der Waals surface area contributed by atoms with E-state index < -0.39 is 17.3 Å². The van der Waals surface area contributed by atoms with Crippen molar-refractivity contribution in [2.75, 3.05) is 0 Å². The highest BCUT2D eigenvalue weighted by atomic mass is 35.5. The molecule has 1 N–H and O–H groups in total. The molecule has 0 heterocycles. The van der Waals surface area contributed by atoms with E-state index in [1.54, 1.807) is 25.1 Å². The lowest BCUT2D eigenvalue weighted by molar-refractivity contribution is -0.143. The van der Waals surface area contributed by atoms with E-state index in [0.29, 0.717) is 15.6 Å². The lowest BCUT2D eigenvalue weighted by Gasteiger charge is -2.37. The van der Waals surface area contributed by atoms with E-state index in [9.17, 15) is 9.90 Å². The van der Waals surface area contributed by atoms with Crippen LogP contribution in [-0.2, 0) is 10.2 Å². The largest absolute Gasteiger partial charge is 0.481 e. The van der Waals surface area contributed by atoms with Crippen molar-refractivity contribution in [1.82, 2.24) is 0 Å². The Morgan fingerprint density at radius 2 is 1.24 bits per heavy atom. The van der Waals surface area contributed by atoms with E-state index in [2.05, 4.69) is 12.1 Å². The molecule has 0 saturated carbocycles. The molecule has 0 aliphatic heterocycles. The van der Waals surface area contributed by atoms with E-state index in [-0.39, 0.29) is 0 Å². The third kappa shape index (κ3) is 3.64. The number of carboxylic acid groups (broad SMARTS) is 1. The monoisotopic (exact) mass is 484 g/mol. The Bertz CT molecular complexity index is 1450. The maximum atomic E-state index is 13.2. The van der Waals surface area contributed by atoms with Gasteiger partial charge >= 0.3 is 5.97 Å². The van der Waals surface area contributed by atoms with E-state index in [1.807, 2.05) is 72.8 Å². The Morgan fingerprint density at radius 1 is 0.735 bits per heavy atom. The fourth-order valence-corrected chi connectivity index (χ4v) is 5.70. The van der Waals surface area contributed by atoms with Gasteiger partial charge in [0.15, 0.2) is 0 Å². The highest BCUT2D eigenvalue weighted by Crippen LogP contribution is 2.49. The van der Waals surface area contributed by atoms with Crippen LogP contribution in [0.25, 0.3) is 21.5 Å². The zero-order valence-corrected chi connectivity index (χ0v) is 20.0. The Balaban J connectivity index is 1.92. The van der Waals surface area contributed by atoms with Crippen LogP contribution in [0.3, 0.4) is 0 Å². The minimum atomic E-state index is -1.38. The van der Waals surface area contributed by atoms with Crippen molar-refractivity contribution >= 4 is 50.7 Å². The number of halogens is 2. The van der Waals surface area contributed by atoms with E-state index >= 15 is 0 Å². The van der Waals surface area contributed by atoms with Gasteiger partial charge in [-0.1, -0.05) is 114 Å². The van der Waals surface area contributed by atoms with Crippen LogP contribution in [0, 0.1) is 0 Å². The number of fused-ring (bicyclic) bond motifs is 2. The molecule has 5 rings (SSSR count). The predicted octanol–water partition coefficient (Wildman–Crippen LogP) is 8.47. The first kappa shape index (κ1) is 22.5. The fraction of sp³-hybridized carbons (Fsp3) is 0.100. The van der Waals surface area contributed by atoms with Crippen molar-refractivity contribution in [2.45, 2.75) is 18.3 Å². The molecule has 5 aromatic rings. The second-order valence-electron chi connectivity index (χ2n) is 8.70. The SMILES string of the molecule is C[C@](C(=O)O)(c1ccc(Cl)cc1Cl)C(c1cccc2ccccc12)c1cccc2ccccc12. The van der Waals surface area contributed by atoms with E-state index in [4.69, 9.17) is 23.2 Å². The smallest absolute Gasteiger partial charge is 0.314 e. The molecule has 2 nitrogen and oxygen atoms in total. The van der Waals surface area contributed by atoms with Gasteiger partial charge in [-0.15, -0.1) is 0 Å². The molecule has 0 aromatic heterocycles. The van der Waals surface area contributed by atoms with Crippen LogP contribution in [0.15, 0.2) is 103 Å². The Labute approximate surface area is 208 Å². The molecule has 0 unspecified atom stereocenters. The first-order valence-corrected chi connectivity index (χ1v) is 11.8. The molecule has 5 aromatic carbocycles. The van der Waals surface area contributed by atoms with Gasteiger partial charge in [0.05, 0.1) is 0 Å². The van der Waals surface area contributed by atoms with Crippen LogP contribution in [0.5, 0.6) is 0 Å². The summed E-state index contributed by atoms with van der Waals surface area (Å²) in [5.74, 6) is -1.48. The van der Waals surface area contributed by atoms with Crippen molar-refractivity contribution in [3.63, 3.8) is 0 Å². The zero-order valence-electron chi connectivity index (χ0n) is 18.5.